The third kappa shape index (κ3) is 12.5. The van der Waals surface area contributed by atoms with Crippen LogP contribution in [0.4, 0.5) is 43.8 Å². The summed E-state index contributed by atoms with van der Waals surface area (Å²) in [4.78, 5) is 119. The maximum atomic E-state index is 13.2. The Hall–Kier alpha value is -7.79. The number of nitrogens with zero attached hydrogens (tertiary/aromatic N) is 11. The van der Waals surface area contributed by atoms with Gasteiger partial charge < -0.3 is 15.2 Å². The number of carbonyl (C=O) groups is 4. The van der Waals surface area contributed by atoms with Crippen molar-refractivity contribution in [1.29, 1.82) is 0 Å². The molecule has 21 nitrogen and oxygen atoms in total. The first-order valence-corrected chi connectivity index (χ1v) is 23.1. The van der Waals surface area contributed by atoms with Gasteiger partial charge in [0.1, 0.15) is 51.5 Å². The second kappa shape index (κ2) is 21.9. The zero-order valence-electron chi connectivity index (χ0n) is 38.8. The Kier molecular flexibility index (Phi) is 16.4. The van der Waals surface area contributed by atoms with Gasteiger partial charge in [0.25, 0.3) is 11.1 Å². The Morgan fingerprint density at radius 3 is 1.66 bits per heavy atom. The van der Waals surface area contributed by atoms with E-state index in [9.17, 15) is 64.7 Å². The van der Waals surface area contributed by atoms with Gasteiger partial charge in [0.2, 0.25) is 11.8 Å². The van der Waals surface area contributed by atoms with Crippen LogP contribution < -0.4 is 33.1 Å². The molecule has 0 fully saturated rings. The summed E-state index contributed by atoms with van der Waals surface area (Å²) < 4.78 is 83.4. The van der Waals surface area contributed by atoms with Crippen molar-refractivity contribution in [3.05, 3.63) is 111 Å². The Morgan fingerprint density at radius 1 is 0.699 bits per heavy atom. The third-order valence-corrected chi connectivity index (χ3v) is 12.3. The first-order chi connectivity index (χ1) is 34.2. The van der Waals surface area contributed by atoms with Crippen molar-refractivity contribution < 1.29 is 45.5 Å². The van der Waals surface area contributed by atoms with E-state index in [0.717, 1.165) is 48.5 Å². The van der Waals surface area contributed by atoms with Crippen LogP contribution in [-0.2, 0) is 71.7 Å². The highest BCUT2D eigenvalue weighted by Crippen LogP contribution is 2.36. The first-order valence-electron chi connectivity index (χ1n) is 20.8. The number of ketones is 2. The highest BCUT2D eigenvalue weighted by Gasteiger charge is 2.35. The van der Waals surface area contributed by atoms with Crippen LogP contribution in [0.15, 0.2) is 65.8 Å². The second-order valence-electron chi connectivity index (χ2n) is 15.7. The number of aryl methyl sites for hydroxylation is 3. The molecular formula is C43H38ClF6N13O8S2. The molecule has 1 aliphatic heterocycles. The number of amides is 2. The molecule has 0 aromatic carbocycles. The van der Waals surface area contributed by atoms with E-state index >= 15 is 0 Å². The van der Waals surface area contributed by atoms with Crippen LogP contribution in [0.2, 0.25) is 0 Å². The topological polar surface area (TPSA) is 262 Å². The predicted molar refractivity (Wildman–Crippen MR) is 257 cm³/mol. The molecule has 73 heavy (non-hydrogen) atoms. The van der Waals surface area contributed by atoms with E-state index in [1.807, 2.05) is 0 Å². The largest absolute Gasteiger partial charge is 0.418 e. The number of aliphatic imine (C=N–C) groups is 1. The van der Waals surface area contributed by atoms with Crippen LogP contribution in [0.1, 0.15) is 41.9 Å². The first kappa shape index (κ1) is 54.5. The molecular weight excluding hydrogens is 1040 g/mol. The molecule has 2 N–H and O–H groups in total. The molecule has 0 aliphatic carbocycles. The van der Waals surface area contributed by atoms with E-state index in [2.05, 4.69) is 40.5 Å². The van der Waals surface area contributed by atoms with Crippen molar-refractivity contribution in [2.24, 2.45) is 19.1 Å². The summed E-state index contributed by atoms with van der Waals surface area (Å²) in [6.07, 6.45) is -3.24. The average molecular weight is 1080 g/mol. The molecule has 7 aromatic heterocycles. The number of halogens is 7. The number of anilines is 2. The molecule has 0 saturated heterocycles. The van der Waals surface area contributed by atoms with Crippen molar-refractivity contribution in [3.63, 3.8) is 0 Å². The van der Waals surface area contributed by atoms with Gasteiger partial charge in [-0.1, -0.05) is 0 Å². The van der Waals surface area contributed by atoms with Gasteiger partial charge in [0, 0.05) is 72.4 Å². The maximum Gasteiger partial charge on any atom is 0.418 e. The summed E-state index contributed by atoms with van der Waals surface area (Å²) in [5, 5.41) is 8.47. The molecule has 0 atom stereocenters. The summed E-state index contributed by atoms with van der Waals surface area (Å²) in [5.74, 6) is -1.15. The summed E-state index contributed by atoms with van der Waals surface area (Å²) in [5.41, 5.74) is -3.48. The van der Waals surface area contributed by atoms with Crippen molar-refractivity contribution in [2.75, 3.05) is 16.5 Å². The lowest BCUT2D eigenvalue weighted by molar-refractivity contribution is -0.139. The number of carbonyl (C=O) groups excluding carboxylic acids is 4. The number of Topliss-reactive ketones (excluding diaryl/α,β-unsaturated/α-hetero) is 2. The van der Waals surface area contributed by atoms with Gasteiger partial charge in [-0.3, -0.25) is 57.0 Å². The maximum absolute atomic E-state index is 13.2. The van der Waals surface area contributed by atoms with Crippen LogP contribution >= 0.6 is 34.3 Å². The SMILES string of the molecule is CC(=O)Cn1c(=O)c2c(n(C)c1=O)N=CC2.CC(=O)Cn1c(=O)c2c(ncn2CC(=O)Nc2csc(-c3cnc(C)c(C(F)(F)F)c3)n2)n(C)c1=O.Cc1ncc(-c2nc(NC(=O)CCl)cs2)cc1C(F)(F)F. The van der Waals surface area contributed by atoms with Crippen molar-refractivity contribution in [2.45, 2.75) is 66.1 Å². The lowest BCUT2D eigenvalue weighted by atomic mass is 10.1. The molecule has 0 saturated carbocycles. The quantitative estimate of drug-likeness (QED) is 0.127. The minimum absolute atomic E-state index is 0.0425. The van der Waals surface area contributed by atoms with E-state index < -0.39 is 70.1 Å². The molecule has 8 heterocycles. The van der Waals surface area contributed by atoms with Crippen LogP contribution in [0.25, 0.3) is 32.3 Å². The third-order valence-electron chi connectivity index (χ3n) is 10.2. The molecule has 7 aromatic rings. The van der Waals surface area contributed by atoms with Crippen LogP contribution in [0.3, 0.4) is 0 Å². The van der Waals surface area contributed by atoms with Gasteiger partial charge in [-0.05, 0) is 39.8 Å². The fourth-order valence-electron chi connectivity index (χ4n) is 6.87. The van der Waals surface area contributed by atoms with Gasteiger partial charge in [-0.2, -0.15) is 26.3 Å². The number of rotatable bonds is 11. The standard InChI is InChI=1S/C21H18F3N7O4S.C12H9ClF3N3OS.C10H11N3O3/c1-10(32)6-31-19(34)16-17(29(3)20(31)35)26-9-30(16)7-15(33)27-14-8-36-18(28-14)12-4-13(21(22,23)24)11(2)25-5-12;1-6-8(12(14,15)16)2-7(4-17-6)11-19-9(5-21-11)18-10(20)3-13;1-6(14)5-13-9(15)7-3-4-11-8(7)12(2)10(13)16/h4-5,8-9H,6-7H2,1-3H3,(H,27,33);2,4-5H,3H2,1H3,(H,18,20);4H,3,5H2,1-2H3. The molecule has 384 valence electrons. The molecule has 0 spiro atoms. The lowest BCUT2D eigenvalue weighted by Crippen LogP contribution is -2.41. The number of thiazole rings is 2. The number of imidazole rings is 1. The highest BCUT2D eigenvalue weighted by molar-refractivity contribution is 7.13. The zero-order chi connectivity index (χ0) is 53.9. The fourth-order valence-corrected chi connectivity index (χ4v) is 8.40. The van der Waals surface area contributed by atoms with Gasteiger partial charge in [-0.25, -0.2) is 29.5 Å². The minimum atomic E-state index is -4.57. The number of aromatic nitrogens is 10. The Bertz CT molecular complexity index is 3610. The molecule has 2 amide bonds. The monoisotopic (exact) mass is 1080 g/mol. The molecule has 0 bridgehead atoms. The van der Waals surface area contributed by atoms with Crippen molar-refractivity contribution in [3.8, 4) is 21.1 Å². The van der Waals surface area contributed by atoms with Crippen LogP contribution in [0.5, 0.6) is 0 Å². The number of hydrogen-bond donors (Lipinski definition) is 2. The van der Waals surface area contributed by atoms with Crippen LogP contribution in [0, 0.1) is 13.8 Å². The molecule has 1 aliphatic rings. The smallest absolute Gasteiger partial charge is 0.315 e. The Morgan fingerprint density at radius 2 is 1.18 bits per heavy atom. The Balaban J connectivity index is 0.000000198. The van der Waals surface area contributed by atoms with E-state index in [0.29, 0.717) is 22.8 Å². The van der Waals surface area contributed by atoms with E-state index in [1.165, 1.54) is 73.4 Å². The van der Waals surface area contributed by atoms with Crippen LogP contribution in [-0.4, -0.2) is 83.2 Å². The van der Waals surface area contributed by atoms with Gasteiger partial charge >= 0.3 is 23.7 Å². The fraction of sp³-hybridized carbons (Fsp3) is 0.302. The normalized spacial score (nSPS) is 11.9. The number of hydrogen-bond acceptors (Lipinski definition) is 16. The molecule has 8 rings (SSSR count). The number of alkyl halides is 7. The van der Waals surface area contributed by atoms with Gasteiger partial charge in [-0.15, -0.1) is 34.3 Å². The lowest BCUT2D eigenvalue weighted by Gasteiger charge is -2.10. The van der Waals surface area contributed by atoms with Crippen molar-refractivity contribution in [1.82, 2.24) is 47.8 Å². The summed E-state index contributed by atoms with van der Waals surface area (Å²) in [7, 11) is 2.93. The van der Waals surface area contributed by atoms with E-state index in [-0.39, 0.29) is 75.1 Å². The number of fused-ring (bicyclic) bond motifs is 2. The highest BCUT2D eigenvalue weighted by atomic mass is 35.5. The number of pyridine rings is 2. The zero-order valence-corrected chi connectivity index (χ0v) is 41.2. The van der Waals surface area contributed by atoms with Crippen molar-refractivity contribution >= 4 is 92.5 Å². The van der Waals surface area contributed by atoms with E-state index in [1.54, 1.807) is 13.3 Å². The molecule has 30 heteroatoms. The Labute approximate surface area is 418 Å². The predicted octanol–water partition coefficient (Wildman–Crippen LogP) is 5.07. The van der Waals surface area contributed by atoms with E-state index in [4.69, 9.17) is 11.6 Å². The summed E-state index contributed by atoms with van der Waals surface area (Å²) in [6, 6.07) is 1.94. The summed E-state index contributed by atoms with van der Waals surface area (Å²) >= 11 is 7.47. The molecule has 0 radical (unpaired) electrons. The minimum Gasteiger partial charge on any atom is -0.315 e. The summed E-state index contributed by atoms with van der Waals surface area (Å²) in [6.45, 7) is 4.15. The van der Waals surface area contributed by atoms with Gasteiger partial charge in [0.15, 0.2) is 11.2 Å². The molecule has 0 unspecified atom stereocenters. The number of nitrogens with one attached hydrogen (secondary N) is 2. The average Bonchev–Trinajstić information content (AvgIpc) is 4.16. The second-order valence-corrected chi connectivity index (χ2v) is 17.7. The van der Waals surface area contributed by atoms with Gasteiger partial charge in [0.05, 0.1) is 36.1 Å².